The molecular formula is C19H22F2N4O2. The fourth-order valence-corrected chi connectivity index (χ4v) is 4.26. The molecule has 6 nitrogen and oxygen atoms in total. The van der Waals surface area contributed by atoms with E-state index in [1.54, 1.807) is 6.92 Å². The number of aliphatic carboxylic acids is 1. The molecule has 144 valence electrons. The predicted octanol–water partition coefficient (Wildman–Crippen LogP) is 2.75. The zero-order chi connectivity index (χ0) is 19.5. The number of rotatable bonds is 4. The van der Waals surface area contributed by atoms with Crippen LogP contribution in [0, 0.1) is 23.2 Å². The summed E-state index contributed by atoms with van der Waals surface area (Å²) in [6.45, 7) is 5.33. The fourth-order valence-electron chi connectivity index (χ4n) is 4.26. The first-order chi connectivity index (χ1) is 12.7. The number of hydrogen-bond acceptors (Lipinski definition) is 5. The summed E-state index contributed by atoms with van der Waals surface area (Å²) >= 11 is 0. The molecule has 1 N–H and O–H groups in total. The molecule has 3 heterocycles. The lowest BCUT2D eigenvalue weighted by atomic mass is 9.86. The van der Waals surface area contributed by atoms with Crippen molar-refractivity contribution in [2.45, 2.75) is 45.1 Å². The Morgan fingerprint density at radius 1 is 1.41 bits per heavy atom. The number of nitriles is 1. The minimum Gasteiger partial charge on any atom is -0.481 e. The summed E-state index contributed by atoms with van der Waals surface area (Å²) in [4.78, 5) is 19.6. The first kappa shape index (κ1) is 18.0. The van der Waals surface area contributed by atoms with Gasteiger partial charge in [-0.2, -0.15) is 5.26 Å². The van der Waals surface area contributed by atoms with E-state index in [-0.39, 0.29) is 35.9 Å². The minimum atomic E-state index is -3.03. The molecule has 0 spiro atoms. The summed E-state index contributed by atoms with van der Waals surface area (Å²) in [6.07, 6.45) is 0.815. The summed E-state index contributed by atoms with van der Waals surface area (Å²) < 4.78 is 29.3. The molecule has 0 amide bonds. The van der Waals surface area contributed by atoms with Crippen LogP contribution in [-0.4, -0.2) is 41.7 Å². The van der Waals surface area contributed by atoms with Crippen LogP contribution in [0.15, 0.2) is 0 Å². The Hall–Kier alpha value is -2.43. The summed E-state index contributed by atoms with van der Waals surface area (Å²) in [5.74, 6) is -3.53. The van der Waals surface area contributed by atoms with Gasteiger partial charge >= 0.3 is 5.97 Å². The standard InChI is InChI=1S/C19H22F2N4O2/c1-10-4-6-25(10)17-14(7-22)15-13(3-5-19(15,20)21)16(23-17)24-8-12(9-24)11(2)18(26)27/h10-12H,3-6,8-9H2,1-2H3,(H,26,27). The zero-order valence-electron chi connectivity index (χ0n) is 15.4. The third-order valence-electron chi connectivity index (χ3n) is 6.32. The van der Waals surface area contributed by atoms with Gasteiger partial charge in [-0.1, -0.05) is 6.92 Å². The molecule has 8 heteroatoms. The lowest BCUT2D eigenvalue weighted by Crippen LogP contribution is -2.52. The molecule has 1 aliphatic carbocycles. The van der Waals surface area contributed by atoms with Crippen molar-refractivity contribution in [2.75, 3.05) is 29.4 Å². The SMILES string of the molecule is CC(C(=O)O)C1CN(c2nc(N3CCC3C)c(C#N)c3c2CCC3(F)F)C1. The second-order valence-electron chi connectivity index (χ2n) is 7.93. The van der Waals surface area contributed by atoms with Gasteiger partial charge in [0.15, 0.2) is 0 Å². The fraction of sp³-hybridized carbons (Fsp3) is 0.632. The molecule has 1 aromatic heterocycles. The monoisotopic (exact) mass is 376 g/mol. The highest BCUT2D eigenvalue weighted by molar-refractivity contribution is 5.73. The number of carboxylic acid groups (broad SMARTS) is 1. The Morgan fingerprint density at radius 3 is 2.63 bits per heavy atom. The third kappa shape index (κ3) is 2.63. The van der Waals surface area contributed by atoms with Crippen LogP contribution < -0.4 is 9.80 Å². The van der Waals surface area contributed by atoms with Gasteiger partial charge in [0.05, 0.1) is 5.92 Å². The zero-order valence-corrected chi connectivity index (χ0v) is 15.4. The molecule has 2 atom stereocenters. The highest BCUT2D eigenvalue weighted by Crippen LogP contribution is 2.50. The van der Waals surface area contributed by atoms with E-state index in [1.807, 2.05) is 22.8 Å². The molecule has 0 radical (unpaired) electrons. The molecule has 2 aliphatic heterocycles. The van der Waals surface area contributed by atoms with Gasteiger partial charge in [0, 0.05) is 49.1 Å². The average Bonchev–Trinajstić information content (AvgIpc) is 2.88. The number of fused-ring (bicyclic) bond motifs is 1. The van der Waals surface area contributed by atoms with Crippen LogP contribution in [0.5, 0.6) is 0 Å². The van der Waals surface area contributed by atoms with Crippen LogP contribution in [-0.2, 0) is 17.1 Å². The number of alkyl halides is 2. The molecule has 0 saturated carbocycles. The van der Waals surface area contributed by atoms with Crippen molar-refractivity contribution in [3.63, 3.8) is 0 Å². The third-order valence-corrected chi connectivity index (χ3v) is 6.32. The quantitative estimate of drug-likeness (QED) is 0.870. The van der Waals surface area contributed by atoms with Crippen LogP contribution in [0.2, 0.25) is 0 Å². The minimum absolute atomic E-state index is 0.00113. The lowest BCUT2D eigenvalue weighted by Gasteiger charge is -2.45. The Morgan fingerprint density at radius 2 is 2.11 bits per heavy atom. The Kier molecular flexibility index (Phi) is 4.02. The summed E-state index contributed by atoms with van der Waals surface area (Å²) in [5, 5.41) is 18.8. The topological polar surface area (TPSA) is 80.5 Å². The molecule has 1 aromatic rings. The Labute approximate surface area is 156 Å². The van der Waals surface area contributed by atoms with Crippen molar-refractivity contribution in [2.24, 2.45) is 11.8 Å². The van der Waals surface area contributed by atoms with Crippen LogP contribution in [0.4, 0.5) is 20.4 Å². The number of hydrogen-bond donors (Lipinski definition) is 1. The normalized spacial score (nSPS) is 24.6. The number of halogens is 2. The molecule has 2 unspecified atom stereocenters. The van der Waals surface area contributed by atoms with Crippen molar-refractivity contribution in [3.05, 3.63) is 16.7 Å². The average molecular weight is 376 g/mol. The van der Waals surface area contributed by atoms with Crippen LogP contribution >= 0.6 is 0 Å². The first-order valence-corrected chi connectivity index (χ1v) is 9.34. The first-order valence-electron chi connectivity index (χ1n) is 9.34. The van der Waals surface area contributed by atoms with Crippen molar-refractivity contribution < 1.29 is 18.7 Å². The van der Waals surface area contributed by atoms with Gasteiger partial charge in [-0.15, -0.1) is 0 Å². The predicted molar refractivity (Wildman–Crippen MR) is 95.1 cm³/mol. The van der Waals surface area contributed by atoms with Gasteiger partial charge in [-0.05, 0) is 19.8 Å². The summed E-state index contributed by atoms with van der Waals surface area (Å²) in [7, 11) is 0. The molecule has 0 aromatic carbocycles. The summed E-state index contributed by atoms with van der Waals surface area (Å²) in [5.41, 5.74) is 0.285. The molecule has 27 heavy (non-hydrogen) atoms. The molecular weight excluding hydrogens is 354 g/mol. The van der Waals surface area contributed by atoms with Gasteiger partial charge in [0.2, 0.25) is 0 Å². The lowest BCUT2D eigenvalue weighted by molar-refractivity contribution is -0.143. The smallest absolute Gasteiger partial charge is 0.306 e. The highest BCUT2D eigenvalue weighted by Gasteiger charge is 2.47. The van der Waals surface area contributed by atoms with E-state index in [4.69, 9.17) is 0 Å². The van der Waals surface area contributed by atoms with Crippen LogP contribution in [0.3, 0.4) is 0 Å². The maximum atomic E-state index is 14.6. The number of carbonyl (C=O) groups is 1. The maximum Gasteiger partial charge on any atom is 0.306 e. The van der Waals surface area contributed by atoms with E-state index >= 15 is 0 Å². The summed E-state index contributed by atoms with van der Waals surface area (Å²) in [6, 6.07) is 2.15. The molecule has 2 fully saturated rings. The van der Waals surface area contributed by atoms with Gasteiger partial charge in [-0.3, -0.25) is 4.79 Å². The number of nitrogens with zero attached hydrogens (tertiary/aromatic N) is 4. The number of anilines is 2. The van der Waals surface area contributed by atoms with E-state index in [0.717, 1.165) is 6.42 Å². The maximum absolute atomic E-state index is 14.6. The number of carboxylic acids is 1. The van der Waals surface area contributed by atoms with E-state index in [9.17, 15) is 23.9 Å². The van der Waals surface area contributed by atoms with Crippen LogP contribution in [0.1, 0.15) is 43.4 Å². The van der Waals surface area contributed by atoms with Crippen LogP contribution in [0.25, 0.3) is 0 Å². The van der Waals surface area contributed by atoms with E-state index in [0.29, 0.717) is 36.8 Å². The second kappa shape index (κ2) is 6.04. The van der Waals surface area contributed by atoms with Crippen molar-refractivity contribution in [3.8, 4) is 6.07 Å². The molecule has 0 bridgehead atoms. The Bertz CT molecular complexity index is 845. The van der Waals surface area contributed by atoms with Gasteiger partial charge in [0.1, 0.15) is 23.3 Å². The van der Waals surface area contributed by atoms with E-state index < -0.39 is 17.8 Å². The molecule has 3 aliphatic rings. The Balaban J connectivity index is 1.75. The molecule has 2 saturated heterocycles. The second-order valence-corrected chi connectivity index (χ2v) is 7.93. The van der Waals surface area contributed by atoms with Crippen molar-refractivity contribution >= 4 is 17.6 Å². The number of pyridine rings is 1. The van der Waals surface area contributed by atoms with E-state index in [1.165, 1.54) is 0 Å². The number of aromatic nitrogens is 1. The van der Waals surface area contributed by atoms with Gasteiger partial charge in [0.25, 0.3) is 5.92 Å². The van der Waals surface area contributed by atoms with Gasteiger partial charge < -0.3 is 14.9 Å². The largest absolute Gasteiger partial charge is 0.481 e. The van der Waals surface area contributed by atoms with Crippen molar-refractivity contribution in [1.82, 2.24) is 4.98 Å². The van der Waals surface area contributed by atoms with Crippen molar-refractivity contribution in [1.29, 1.82) is 5.26 Å². The molecule has 4 rings (SSSR count). The van der Waals surface area contributed by atoms with E-state index in [2.05, 4.69) is 4.98 Å². The highest BCUT2D eigenvalue weighted by atomic mass is 19.3. The van der Waals surface area contributed by atoms with Gasteiger partial charge in [-0.25, -0.2) is 13.8 Å².